The van der Waals surface area contributed by atoms with Crippen LogP contribution in [0.25, 0.3) is 0 Å². The van der Waals surface area contributed by atoms with Crippen molar-refractivity contribution in [2.45, 2.75) is 30.6 Å². The van der Waals surface area contributed by atoms with Gasteiger partial charge >= 0.3 is 6.18 Å². The third kappa shape index (κ3) is 6.33. The van der Waals surface area contributed by atoms with Gasteiger partial charge in [0.25, 0.3) is 5.91 Å². The molecule has 0 aliphatic rings. The second kappa shape index (κ2) is 9.93. The number of carbonyl (C=O) groups excluding carboxylic acids is 1. The van der Waals surface area contributed by atoms with Gasteiger partial charge in [-0.1, -0.05) is 24.3 Å². The molecule has 0 radical (unpaired) electrons. The number of rotatable bonds is 8. The summed E-state index contributed by atoms with van der Waals surface area (Å²) in [6.07, 6.45) is -1.49. The molecule has 0 bridgehead atoms. The number of pyridine rings is 1. The van der Waals surface area contributed by atoms with Crippen molar-refractivity contribution in [2.75, 3.05) is 5.75 Å². The van der Waals surface area contributed by atoms with Gasteiger partial charge in [0, 0.05) is 11.1 Å². The Labute approximate surface area is 175 Å². The monoisotopic (exact) mass is 436 g/mol. The predicted octanol–water partition coefficient (Wildman–Crippen LogP) is 5.82. The standard InChI is InChI=1S/C21H19F3N2OS2/c22-21(23,24)16-7-1-5-15(13-16)6-3-12-29-20-18(9-2-10-25-20)19(27)26-14-17-8-4-11-28-17/h1-2,4-5,7-11,13H,3,6,12,14H2,(H,26,27). The third-order valence-corrected chi connectivity index (χ3v) is 6.09. The first-order chi connectivity index (χ1) is 13.9. The van der Waals surface area contributed by atoms with Crippen LogP contribution in [-0.2, 0) is 19.1 Å². The van der Waals surface area contributed by atoms with Crippen molar-refractivity contribution in [3.8, 4) is 0 Å². The summed E-state index contributed by atoms with van der Waals surface area (Å²) in [6.45, 7) is 0.463. The lowest BCUT2D eigenvalue weighted by Gasteiger charge is -2.10. The maximum atomic E-state index is 12.8. The highest BCUT2D eigenvalue weighted by atomic mass is 32.2. The zero-order valence-corrected chi connectivity index (χ0v) is 17.0. The van der Waals surface area contributed by atoms with E-state index in [9.17, 15) is 18.0 Å². The molecule has 3 nitrogen and oxygen atoms in total. The van der Waals surface area contributed by atoms with Crippen LogP contribution in [-0.4, -0.2) is 16.6 Å². The zero-order valence-electron chi connectivity index (χ0n) is 15.4. The number of hydrogen-bond acceptors (Lipinski definition) is 4. The van der Waals surface area contributed by atoms with Crippen molar-refractivity contribution >= 4 is 29.0 Å². The van der Waals surface area contributed by atoms with Crippen LogP contribution in [0.3, 0.4) is 0 Å². The van der Waals surface area contributed by atoms with Crippen LogP contribution in [0.4, 0.5) is 13.2 Å². The number of nitrogens with zero attached hydrogens (tertiary/aromatic N) is 1. The molecule has 1 N–H and O–H groups in total. The quantitative estimate of drug-likeness (QED) is 0.358. The number of nitrogens with one attached hydrogen (secondary N) is 1. The van der Waals surface area contributed by atoms with Gasteiger partial charge < -0.3 is 5.32 Å². The molecule has 1 aromatic carbocycles. The molecule has 3 aromatic rings. The third-order valence-electron chi connectivity index (χ3n) is 4.12. The number of thiophene rings is 1. The average Bonchev–Trinajstić information content (AvgIpc) is 3.23. The maximum Gasteiger partial charge on any atom is 0.416 e. The minimum absolute atomic E-state index is 0.188. The lowest BCUT2D eigenvalue weighted by atomic mass is 10.1. The van der Waals surface area contributed by atoms with Crippen LogP contribution in [0.1, 0.15) is 32.8 Å². The van der Waals surface area contributed by atoms with Crippen LogP contribution in [0.15, 0.2) is 65.1 Å². The number of thioether (sulfide) groups is 1. The highest BCUT2D eigenvalue weighted by molar-refractivity contribution is 7.99. The number of aromatic nitrogens is 1. The van der Waals surface area contributed by atoms with E-state index in [0.29, 0.717) is 41.3 Å². The molecule has 152 valence electrons. The molecule has 0 unspecified atom stereocenters. The first kappa shape index (κ1) is 21.4. The van der Waals surface area contributed by atoms with Crippen molar-refractivity contribution in [1.29, 1.82) is 0 Å². The van der Waals surface area contributed by atoms with E-state index >= 15 is 0 Å². The van der Waals surface area contributed by atoms with Gasteiger partial charge in [0.15, 0.2) is 0 Å². The Balaban J connectivity index is 1.53. The summed E-state index contributed by atoms with van der Waals surface area (Å²) >= 11 is 3.01. The highest BCUT2D eigenvalue weighted by Crippen LogP contribution is 2.30. The van der Waals surface area contributed by atoms with Gasteiger partial charge in [-0.15, -0.1) is 23.1 Å². The molecular weight excluding hydrogens is 417 g/mol. The molecule has 2 aromatic heterocycles. The Kier molecular flexibility index (Phi) is 7.33. The van der Waals surface area contributed by atoms with Crippen molar-refractivity contribution in [3.63, 3.8) is 0 Å². The molecule has 0 saturated carbocycles. The molecule has 8 heteroatoms. The number of carbonyl (C=O) groups is 1. The highest BCUT2D eigenvalue weighted by Gasteiger charge is 2.30. The molecule has 2 heterocycles. The van der Waals surface area contributed by atoms with E-state index in [1.807, 2.05) is 17.5 Å². The van der Waals surface area contributed by atoms with Crippen molar-refractivity contribution in [1.82, 2.24) is 10.3 Å². The zero-order chi connectivity index (χ0) is 20.7. The maximum absolute atomic E-state index is 12.8. The van der Waals surface area contributed by atoms with Crippen LogP contribution in [0.5, 0.6) is 0 Å². The summed E-state index contributed by atoms with van der Waals surface area (Å²) in [6, 6.07) is 12.7. The second-order valence-corrected chi connectivity index (χ2v) is 8.38. The van der Waals surface area contributed by atoms with Crippen molar-refractivity contribution in [3.05, 3.63) is 81.7 Å². The largest absolute Gasteiger partial charge is 0.416 e. The Morgan fingerprint density at radius 3 is 2.76 bits per heavy atom. The van der Waals surface area contributed by atoms with Gasteiger partial charge in [-0.25, -0.2) is 4.98 Å². The minimum atomic E-state index is -4.33. The van der Waals surface area contributed by atoms with Gasteiger partial charge in [0.05, 0.1) is 17.7 Å². The Morgan fingerprint density at radius 1 is 1.14 bits per heavy atom. The molecule has 0 atom stereocenters. The van der Waals surface area contributed by atoms with Gasteiger partial charge in [0.1, 0.15) is 5.03 Å². The lowest BCUT2D eigenvalue weighted by Crippen LogP contribution is -2.23. The smallest absolute Gasteiger partial charge is 0.347 e. The molecule has 0 aliphatic carbocycles. The fourth-order valence-corrected chi connectivity index (χ4v) is 4.28. The van der Waals surface area contributed by atoms with E-state index in [4.69, 9.17) is 0 Å². The second-order valence-electron chi connectivity index (χ2n) is 6.27. The number of hydrogen-bond donors (Lipinski definition) is 1. The van der Waals surface area contributed by atoms with E-state index in [1.165, 1.54) is 23.9 Å². The average molecular weight is 437 g/mol. The number of aryl methyl sites for hydroxylation is 1. The Bertz CT molecular complexity index is 943. The summed E-state index contributed by atoms with van der Waals surface area (Å²) in [5.41, 5.74) is 0.528. The van der Waals surface area contributed by atoms with Gasteiger partial charge in [-0.3, -0.25) is 4.79 Å². The summed E-state index contributed by atoms with van der Waals surface area (Å²) < 4.78 is 38.4. The molecule has 0 fully saturated rings. The lowest BCUT2D eigenvalue weighted by molar-refractivity contribution is -0.137. The molecule has 0 spiro atoms. The van der Waals surface area contributed by atoms with Crippen molar-refractivity contribution < 1.29 is 18.0 Å². The Morgan fingerprint density at radius 2 is 2.00 bits per heavy atom. The number of halogens is 3. The van der Waals surface area contributed by atoms with Crippen LogP contribution in [0.2, 0.25) is 0 Å². The van der Waals surface area contributed by atoms with Gasteiger partial charge in [-0.2, -0.15) is 13.2 Å². The summed E-state index contributed by atoms with van der Waals surface area (Å²) in [5.74, 6) is 0.463. The van der Waals surface area contributed by atoms with Gasteiger partial charge in [0.2, 0.25) is 0 Å². The van der Waals surface area contributed by atoms with Gasteiger partial charge in [-0.05, 0) is 53.8 Å². The first-order valence-corrected chi connectivity index (χ1v) is 10.8. The molecule has 1 amide bonds. The topological polar surface area (TPSA) is 42.0 Å². The predicted molar refractivity (Wildman–Crippen MR) is 110 cm³/mol. The fourth-order valence-electron chi connectivity index (χ4n) is 2.70. The molecule has 29 heavy (non-hydrogen) atoms. The summed E-state index contributed by atoms with van der Waals surface area (Å²) in [4.78, 5) is 17.8. The fraction of sp³-hybridized carbons (Fsp3) is 0.238. The summed E-state index contributed by atoms with van der Waals surface area (Å²) in [7, 11) is 0. The first-order valence-electron chi connectivity index (χ1n) is 8.98. The normalized spacial score (nSPS) is 11.4. The van der Waals surface area contributed by atoms with E-state index in [1.54, 1.807) is 35.7 Å². The summed E-state index contributed by atoms with van der Waals surface area (Å²) in [5, 5.41) is 5.47. The van der Waals surface area contributed by atoms with E-state index < -0.39 is 11.7 Å². The molecular formula is C21H19F3N2OS2. The molecule has 0 aliphatic heterocycles. The molecule has 3 rings (SSSR count). The van der Waals surface area contributed by atoms with Crippen LogP contribution >= 0.6 is 23.1 Å². The molecule has 0 saturated heterocycles. The van der Waals surface area contributed by atoms with E-state index in [2.05, 4.69) is 10.3 Å². The number of amides is 1. The van der Waals surface area contributed by atoms with E-state index in [-0.39, 0.29) is 5.91 Å². The van der Waals surface area contributed by atoms with Crippen LogP contribution < -0.4 is 5.32 Å². The SMILES string of the molecule is O=C(NCc1cccs1)c1cccnc1SCCCc1cccc(C(F)(F)F)c1. The number of benzene rings is 1. The Hall–Kier alpha value is -2.32. The van der Waals surface area contributed by atoms with E-state index in [0.717, 1.165) is 10.9 Å². The number of alkyl halides is 3. The van der Waals surface area contributed by atoms with Crippen molar-refractivity contribution in [2.24, 2.45) is 0 Å². The van der Waals surface area contributed by atoms with Crippen LogP contribution in [0, 0.1) is 0 Å². The minimum Gasteiger partial charge on any atom is -0.347 e.